The van der Waals surface area contributed by atoms with E-state index in [1.165, 1.54) is 11.8 Å². The van der Waals surface area contributed by atoms with Crippen LogP contribution in [0.2, 0.25) is 15.1 Å². The molecule has 0 fully saturated rings. The van der Waals surface area contributed by atoms with Gasteiger partial charge in [-0.05, 0) is 49.4 Å². The van der Waals surface area contributed by atoms with Gasteiger partial charge in [0.05, 0.1) is 15.8 Å². The standard InChI is InChI=1S/C17H13Cl3N4OS/c1-10-22-23-17(24(10)13-5-2-11(18)3-6-13)26-9-16(25)21-12-4-7-14(19)15(20)8-12/h2-8H,9H2,1H3,(H,21,25). The molecule has 0 spiro atoms. The summed E-state index contributed by atoms with van der Waals surface area (Å²) in [6.45, 7) is 1.85. The van der Waals surface area contributed by atoms with Gasteiger partial charge in [0.15, 0.2) is 5.16 Å². The molecule has 9 heteroatoms. The van der Waals surface area contributed by atoms with Crippen LogP contribution in [0.4, 0.5) is 5.69 Å². The molecular weight excluding hydrogens is 415 g/mol. The molecule has 0 aliphatic heterocycles. The lowest BCUT2D eigenvalue weighted by atomic mass is 10.3. The summed E-state index contributed by atoms with van der Waals surface area (Å²) in [4.78, 5) is 12.2. The Labute approximate surface area is 169 Å². The van der Waals surface area contributed by atoms with E-state index < -0.39 is 0 Å². The Balaban J connectivity index is 1.69. The molecule has 1 aromatic heterocycles. The maximum absolute atomic E-state index is 12.2. The minimum absolute atomic E-state index is 0.173. The summed E-state index contributed by atoms with van der Waals surface area (Å²) in [6, 6.07) is 12.3. The Morgan fingerprint density at radius 2 is 1.81 bits per heavy atom. The highest BCUT2D eigenvalue weighted by molar-refractivity contribution is 7.99. The number of halogens is 3. The number of thioether (sulfide) groups is 1. The van der Waals surface area contributed by atoms with E-state index >= 15 is 0 Å². The third-order valence-corrected chi connectivity index (χ3v) is 5.34. The van der Waals surface area contributed by atoms with E-state index in [4.69, 9.17) is 34.8 Å². The fourth-order valence-corrected chi connectivity index (χ4v) is 3.45. The first-order valence-corrected chi connectivity index (χ1v) is 9.61. The SMILES string of the molecule is Cc1nnc(SCC(=O)Nc2ccc(Cl)c(Cl)c2)n1-c1ccc(Cl)cc1. The van der Waals surface area contributed by atoms with E-state index in [1.54, 1.807) is 30.3 Å². The smallest absolute Gasteiger partial charge is 0.234 e. The van der Waals surface area contributed by atoms with Gasteiger partial charge in [-0.25, -0.2) is 0 Å². The summed E-state index contributed by atoms with van der Waals surface area (Å²) in [7, 11) is 0. The van der Waals surface area contributed by atoms with Crippen LogP contribution in [0.25, 0.3) is 5.69 Å². The van der Waals surface area contributed by atoms with Crippen molar-refractivity contribution in [2.24, 2.45) is 0 Å². The summed E-state index contributed by atoms with van der Waals surface area (Å²) in [5, 5.41) is 13.1. The number of rotatable bonds is 5. The second kappa shape index (κ2) is 8.31. The van der Waals surface area contributed by atoms with Crippen LogP contribution in [-0.2, 0) is 4.79 Å². The molecule has 3 rings (SSSR count). The summed E-state index contributed by atoms with van der Waals surface area (Å²) < 4.78 is 1.87. The Hall–Kier alpha value is -1.73. The number of amides is 1. The van der Waals surface area contributed by atoms with Crippen molar-refractivity contribution >= 4 is 58.2 Å². The first kappa shape index (κ1) is 19.0. The molecule has 1 N–H and O–H groups in total. The number of aryl methyl sites for hydroxylation is 1. The highest BCUT2D eigenvalue weighted by Crippen LogP contribution is 2.26. The zero-order valence-corrected chi connectivity index (χ0v) is 16.6. The summed E-state index contributed by atoms with van der Waals surface area (Å²) >= 11 is 19.0. The number of benzene rings is 2. The lowest BCUT2D eigenvalue weighted by Gasteiger charge is -2.09. The number of nitrogens with zero attached hydrogens (tertiary/aromatic N) is 3. The highest BCUT2D eigenvalue weighted by atomic mass is 35.5. The molecule has 0 radical (unpaired) electrons. The number of hydrogen-bond donors (Lipinski definition) is 1. The maximum Gasteiger partial charge on any atom is 0.234 e. The Bertz CT molecular complexity index is 944. The van der Waals surface area contributed by atoms with Gasteiger partial charge in [0.25, 0.3) is 0 Å². The minimum atomic E-state index is -0.184. The molecule has 0 aliphatic rings. The van der Waals surface area contributed by atoms with Crippen molar-refractivity contribution in [3.05, 3.63) is 63.4 Å². The van der Waals surface area contributed by atoms with Crippen LogP contribution in [0.3, 0.4) is 0 Å². The van der Waals surface area contributed by atoms with Crippen molar-refractivity contribution in [3.63, 3.8) is 0 Å². The number of anilines is 1. The Morgan fingerprint density at radius 1 is 1.08 bits per heavy atom. The molecule has 0 saturated heterocycles. The molecule has 0 saturated carbocycles. The van der Waals surface area contributed by atoms with E-state index in [0.29, 0.717) is 25.9 Å². The monoisotopic (exact) mass is 426 g/mol. The van der Waals surface area contributed by atoms with Crippen molar-refractivity contribution in [2.75, 3.05) is 11.1 Å². The normalized spacial score (nSPS) is 10.8. The van der Waals surface area contributed by atoms with Gasteiger partial charge < -0.3 is 5.32 Å². The molecule has 0 unspecified atom stereocenters. The largest absolute Gasteiger partial charge is 0.325 e. The van der Waals surface area contributed by atoms with Crippen molar-refractivity contribution in [3.8, 4) is 5.69 Å². The number of carbonyl (C=O) groups excluding carboxylic acids is 1. The molecule has 2 aromatic carbocycles. The molecule has 5 nitrogen and oxygen atoms in total. The summed E-state index contributed by atoms with van der Waals surface area (Å²) in [5.41, 5.74) is 1.46. The molecule has 1 amide bonds. The Kier molecular flexibility index (Phi) is 6.09. The second-order valence-corrected chi connectivity index (χ2v) is 7.50. The van der Waals surface area contributed by atoms with Crippen molar-refractivity contribution in [1.29, 1.82) is 0 Å². The van der Waals surface area contributed by atoms with Crippen LogP contribution in [0.5, 0.6) is 0 Å². The predicted molar refractivity (Wildman–Crippen MR) is 107 cm³/mol. The third-order valence-electron chi connectivity index (χ3n) is 3.42. The van der Waals surface area contributed by atoms with Gasteiger partial charge in [-0.2, -0.15) is 0 Å². The fraction of sp³-hybridized carbons (Fsp3) is 0.118. The number of aromatic nitrogens is 3. The molecule has 3 aromatic rings. The molecular formula is C17H13Cl3N4OS. The highest BCUT2D eigenvalue weighted by Gasteiger charge is 2.14. The molecule has 134 valence electrons. The summed E-state index contributed by atoms with van der Waals surface area (Å²) in [5.74, 6) is 0.711. The molecule has 26 heavy (non-hydrogen) atoms. The van der Waals surface area contributed by atoms with Crippen LogP contribution in [0.1, 0.15) is 5.82 Å². The predicted octanol–water partition coefficient (Wildman–Crippen LogP) is 5.27. The molecule has 0 bridgehead atoms. The topological polar surface area (TPSA) is 59.8 Å². The van der Waals surface area contributed by atoms with E-state index in [2.05, 4.69) is 15.5 Å². The number of carbonyl (C=O) groups is 1. The van der Waals surface area contributed by atoms with Gasteiger partial charge in [-0.1, -0.05) is 46.6 Å². The fourth-order valence-electron chi connectivity index (χ4n) is 2.22. The molecule has 0 aliphatic carbocycles. The van der Waals surface area contributed by atoms with Crippen molar-refractivity contribution in [1.82, 2.24) is 14.8 Å². The number of nitrogens with one attached hydrogen (secondary N) is 1. The first-order chi connectivity index (χ1) is 12.4. The zero-order valence-electron chi connectivity index (χ0n) is 13.5. The second-order valence-electron chi connectivity index (χ2n) is 5.31. The van der Waals surface area contributed by atoms with Gasteiger partial charge in [0.2, 0.25) is 5.91 Å². The quantitative estimate of drug-likeness (QED) is 0.564. The van der Waals surface area contributed by atoms with E-state index in [1.807, 2.05) is 23.6 Å². The van der Waals surface area contributed by atoms with Gasteiger partial charge in [0.1, 0.15) is 5.82 Å². The zero-order chi connectivity index (χ0) is 18.7. The minimum Gasteiger partial charge on any atom is -0.325 e. The van der Waals surface area contributed by atoms with E-state index in [0.717, 1.165) is 11.5 Å². The van der Waals surface area contributed by atoms with Crippen LogP contribution in [0, 0.1) is 6.92 Å². The van der Waals surface area contributed by atoms with Crippen molar-refractivity contribution < 1.29 is 4.79 Å². The van der Waals surface area contributed by atoms with Crippen LogP contribution < -0.4 is 5.32 Å². The van der Waals surface area contributed by atoms with E-state index in [-0.39, 0.29) is 11.7 Å². The third kappa shape index (κ3) is 4.51. The van der Waals surface area contributed by atoms with E-state index in [9.17, 15) is 4.79 Å². The lowest BCUT2D eigenvalue weighted by molar-refractivity contribution is -0.113. The van der Waals surface area contributed by atoms with Crippen LogP contribution in [0.15, 0.2) is 47.6 Å². The van der Waals surface area contributed by atoms with Gasteiger partial charge in [-0.15, -0.1) is 10.2 Å². The average Bonchev–Trinajstić information content (AvgIpc) is 2.98. The lowest BCUT2D eigenvalue weighted by Crippen LogP contribution is -2.14. The molecule has 0 atom stereocenters. The number of hydrogen-bond acceptors (Lipinski definition) is 4. The van der Waals surface area contributed by atoms with Crippen LogP contribution >= 0.6 is 46.6 Å². The van der Waals surface area contributed by atoms with Crippen molar-refractivity contribution in [2.45, 2.75) is 12.1 Å². The van der Waals surface area contributed by atoms with Gasteiger partial charge in [0, 0.05) is 16.4 Å². The maximum atomic E-state index is 12.2. The van der Waals surface area contributed by atoms with Gasteiger partial charge >= 0.3 is 0 Å². The first-order valence-electron chi connectivity index (χ1n) is 7.49. The summed E-state index contributed by atoms with van der Waals surface area (Å²) in [6.07, 6.45) is 0. The van der Waals surface area contributed by atoms with Crippen LogP contribution in [-0.4, -0.2) is 26.4 Å². The van der Waals surface area contributed by atoms with Gasteiger partial charge in [-0.3, -0.25) is 9.36 Å². The Morgan fingerprint density at radius 3 is 2.50 bits per heavy atom. The average molecular weight is 428 g/mol. The molecule has 1 heterocycles.